The minimum atomic E-state index is -0.111. The standard InChI is InChI=1S/C22H16ClN5OS2/c1-12-2-7-16-18(8-12)31-21(26-16)13-3-5-15(6-4-13)25-19(29)11-30-22-27-17-9-14(23)10-24-20(17)28-22/h2-10H,11H2,1H3,(H,25,29)(H,24,27,28). The number of aryl methyl sites for hydroxylation is 1. The summed E-state index contributed by atoms with van der Waals surface area (Å²) in [6.45, 7) is 2.08. The van der Waals surface area contributed by atoms with Crippen LogP contribution < -0.4 is 5.32 Å². The van der Waals surface area contributed by atoms with Gasteiger partial charge in [-0.3, -0.25) is 4.79 Å². The number of halogens is 1. The first kappa shape index (κ1) is 20.0. The summed E-state index contributed by atoms with van der Waals surface area (Å²) in [7, 11) is 0. The Morgan fingerprint density at radius 3 is 2.84 bits per heavy atom. The third-order valence-corrected chi connectivity index (χ3v) is 6.73. The average molecular weight is 466 g/mol. The molecule has 0 spiro atoms. The topological polar surface area (TPSA) is 83.6 Å². The normalized spacial score (nSPS) is 11.3. The fourth-order valence-corrected chi connectivity index (χ4v) is 5.00. The van der Waals surface area contributed by atoms with E-state index in [1.807, 2.05) is 30.3 Å². The number of carbonyl (C=O) groups is 1. The summed E-state index contributed by atoms with van der Waals surface area (Å²) in [5.74, 6) is 0.117. The molecule has 3 heterocycles. The molecule has 0 saturated heterocycles. The third-order valence-electron chi connectivity index (χ3n) is 4.58. The minimum Gasteiger partial charge on any atom is -0.331 e. The fourth-order valence-electron chi connectivity index (χ4n) is 3.10. The highest BCUT2D eigenvalue weighted by atomic mass is 35.5. The van der Waals surface area contributed by atoms with E-state index in [0.29, 0.717) is 15.8 Å². The smallest absolute Gasteiger partial charge is 0.234 e. The summed E-state index contributed by atoms with van der Waals surface area (Å²) in [6.07, 6.45) is 1.55. The van der Waals surface area contributed by atoms with Gasteiger partial charge in [0.1, 0.15) is 5.01 Å². The molecule has 0 atom stereocenters. The molecule has 1 amide bonds. The molecule has 31 heavy (non-hydrogen) atoms. The zero-order valence-corrected chi connectivity index (χ0v) is 18.7. The number of rotatable bonds is 5. The number of amides is 1. The molecular formula is C22H16ClN5OS2. The van der Waals surface area contributed by atoms with E-state index in [-0.39, 0.29) is 11.7 Å². The van der Waals surface area contributed by atoms with Crippen LogP contribution in [0.3, 0.4) is 0 Å². The lowest BCUT2D eigenvalue weighted by molar-refractivity contribution is -0.113. The number of pyridine rings is 1. The van der Waals surface area contributed by atoms with Crippen molar-refractivity contribution < 1.29 is 4.79 Å². The van der Waals surface area contributed by atoms with Gasteiger partial charge in [-0.25, -0.2) is 15.0 Å². The number of imidazole rings is 1. The van der Waals surface area contributed by atoms with Gasteiger partial charge in [0.05, 0.1) is 26.5 Å². The van der Waals surface area contributed by atoms with Gasteiger partial charge in [-0.05, 0) is 55.0 Å². The van der Waals surface area contributed by atoms with Gasteiger partial charge in [0.2, 0.25) is 5.91 Å². The predicted molar refractivity (Wildman–Crippen MR) is 128 cm³/mol. The molecule has 0 aliphatic rings. The number of thiazole rings is 1. The highest BCUT2D eigenvalue weighted by Gasteiger charge is 2.10. The van der Waals surface area contributed by atoms with Crippen LogP contribution in [0.1, 0.15) is 5.56 Å². The number of aromatic nitrogens is 4. The molecule has 6 nitrogen and oxygen atoms in total. The number of anilines is 1. The number of nitrogens with zero attached hydrogens (tertiary/aromatic N) is 3. The Balaban J connectivity index is 1.22. The molecule has 0 fully saturated rings. The van der Waals surface area contributed by atoms with E-state index in [1.54, 1.807) is 23.6 Å². The number of thioether (sulfide) groups is 1. The molecule has 0 saturated carbocycles. The number of hydrogen-bond acceptors (Lipinski definition) is 6. The Bertz CT molecular complexity index is 1410. The van der Waals surface area contributed by atoms with Gasteiger partial charge in [-0.2, -0.15) is 0 Å². The van der Waals surface area contributed by atoms with E-state index in [1.165, 1.54) is 22.0 Å². The van der Waals surface area contributed by atoms with Crippen LogP contribution in [0.2, 0.25) is 5.02 Å². The first-order valence-corrected chi connectivity index (χ1v) is 11.6. The molecule has 9 heteroatoms. The van der Waals surface area contributed by atoms with Crippen molar-refractivity contribution in [2.24, 2.45) is 0 Å². The number of carbonyl (C=O) groups excluding carboxylic acids is 1. The first-order chi connectivity index (χ1) is 15.0. The first-order valence-electron chi connectivity index (χ1n) is 9.45. The van der Waals surface area contributed by atoms with Crippen LogP contribution >= 0.6 is 34.7 Å². The number of hydrogen-bond donors (Lipinski definition) is 2. The van der Waals surface area contributed by atoms with Crippen LogP contribution in [-0.2, 0) is 4.79 Å². The van der Waals surface area contributed by atoms with E-state index in [9.17, 15) is 4.79 Å². The summed E-state index contributed by atoms with van der Waals surface area (Å²) in [5, 5.41) is 5.04. The highest BCUT2D eigenvalue weighted by molar-refractivity contribution is 7.99. The van der Waals surface area contributed by atoms with E-state index in [4.69, 9.17) is 16.6 Å². The number of fused-ring (bicyclic) bond motifs is 2. The molecule has 2 aromatic carbocycles. The third kappa shape index (κ3) is 4.41. The predicted octanol–water partition coefficient (Wildman–Crippen LogP) is 5.93. The second-order valence-electron chi connectivity index (χ2n) is 6.97. The quantitative estimate of drug-likeness (QED) is 0.314. The molecule has 0 aliphatic heterocycles. The fraction of sp³-hybridized carbons (Fsp3) is 0.0909. The lowest BCUT2D eigenvalue weighted by atomic mass is 10.2. The van der Waals surface area contributed by atoms with Crippen LogP contribution in [0.25, 0.3) is 32.0 Å². The second kappa shape index (κ2) is 8.30. The zero-order chi connectivity index (χ0) is 21.4. The minimum absolute atomic E-state index is 0.111. The van der Waals surface area contributed by atoms with E-state index >= 15 is 0 Å². The van der Waals surface area contributed by atoms with Gasteiger partial charge in [0.25, 0.3) is 0 Å². The monoisotopic (exact) mass is 465 g/mol. The van der Waals surface area contributed by atoms with Crippen molar-refractivity contribution in [2.45, 2.75) is 12.1 Å². The Hall–Kier alpha value is -2.94. The summed E-state index contributed by atoms with van der Waals surface area (Å²) in [6, 6.07) is 15.8. The van der Waals surface area contributed by atoms with Crippen LogP contribution in [-0.4, -0.2) is 31.6 Å². The molecule has 2 N–H and O–H groups in total. The number of nitrogens with one attached hydrogen (secondary N) is 2. The Labute approximate surface area is 191 Å². The summed E-state index contributed by atoms with van der Waals surface area (Å²) < 4.78 is 1.17. The lowest BCUT2D eigenvalue weighted by Gasteiger charge is -2.05. The second-order valence-corrected chi connectivity index (χ2v) is 9.40. The largest absolute Gasteiger partial charge is 0.331 e. The van der Waals surface area contributed by atoms with Crippen molar-refractivity contribution in [1.29, 1.82) is 0 Å². The Morgan fingerprint density at radius 2 is 2.00 bits per heavy atom. The van der Waals surface area contributed by atoms with E-state index < -0.39 is 0 Å². The average Bonchev–Trinajstić information content (AvgIpc) is 3.35. The van der Waals surface area contributed by atoms with Crippen LogP contribution in [0.4, 0.5) is 5.69 Å². The number of benzene rings is 2. The molecular weight excluding hydrogens is 450 g/mol. The summed E-state index contributed by atoms with van der Waals surface area (Å²) in [4.78, 5) is 28.7. The number of aromatic amines is 1. The van der Waals surface area contributed by atoms with Crippen LogP contribution in [0, 0.1) is 6.92 Å². The summed E-state index contributed by atoms with van der Waals surface area (Å²) >= 11 is 8.92. The molecule has 0 bridgehead atoms. The Morgan fingerprint density at radius 1 is 1.16 bits per heavy atom. The van der Waals surface area contributed by atoms with Gasteiger partial charge < -0.3 is 10.3 Å². The Kier molecular flexibility index (Phi) is 5.35. The molecule has 3 aromatic heterocycles. The van der Waals surface area contributed by atoms with Crippen molar-refractivity contribution in [1.82, 2.24) is 19.9 Å². The molecule has 5 aromatic rings. The van der Waals surface area contributed by atoms with Gasteiger partial charge in [0.15, 0.2) is 10.8 Å². The maximum atomic E-state index is 12.3. The van der Waals surface area contributed by atoms with E-state index in [2.05, 4.69) is 39.3 Å². The molecule has 0 unspecified atom stereocenters. The molecule has 0 aliphatic carbocycles. The summed E-state index contributed by atoms with van der Waals surface area (Å²) in [5.41, 5.74) is 5.32. The highest BCUT2D eigenvalue weighted by Crippen LogP contribution is 2.31. The van der Waals surface area contributed by atoms with Crippen LogP contribution in [0.15, 0.2) is 59.9 Å². The maximum absolute atomic E-state index is 12.3. The zero-order valence-electron chi connectivity index (χ0n) is 16.3. The van der Waals surface area contributed by atoms with Gasteiger partial charge in [0, 0.05) is 17.4 Å². The van der Waals surface area contributed by atoms with Crippen molar-refractivity contribution >= 4 is 67.7 Å². The van der Waals surface area contributed by atoms with Gasteiger partial charge >= 0.3 is 0 Å². The lowest BCUT2D eigenvalue weighted by Crippen LogP contribution is -2.14. The maximum Gasteiger partial charge on any atom is 0.234 e. The van der Waals surface area contributed by atoms with Crippen molar-refractivity contribution in [3.05, 3.63) is 65.3 Å². The van der Waals surface area contributed by atoms with E-state index in [0.717, 1.165) is 27.3 Å². The van der Waals surface area contributed by atoms with Crippen molar-refractivity contribution in [3.8, 4) is 10.6 Å². The molecule has 154 valence electrons. The van der Waals surface area contributed by atoms with Gasteiger partial charge in [-0.1, -0.05) is 29.4 Å². The van der Waals surface area contributed by atoms with Crippen LogP contribution in [0.5, 0.6) is 0 Å². The molecule has 5 rings (SSSR count). The van der Waals surface area contributed by atoms with Crippen molar-refractivity contribution in [3.63, 3.8) is 0 Å². The SMILES string of the molecule is Cc1ccc2nc(-c3ccc(NC(=O)CSc4nc5ncc(Cl)cc5[nH]4)cc3)sc2c1. The van der Waals surface area contributed by atoms with Crippen molar-refractivity contribution in [2.75, 3.05) is 11.1 Å². The molecule has 0 radical (unpaired) electrons. The van der Waals surface area contributed by atoms with Gasteiger partial charge in [-0.15, -0.1) is 11.3 Å². The number of H-pyrrole nitrogens is 1.